The zero-order chi connectivity index (χ0) is 14.0. The number of alkyl halides is 1. The SMILES string of the molecule is COc1cc(C)c(Br)cc1C(Br)c1ccccc1C. The fraction of sp³-hybridized carbons (Fsp3) is 0.250. The van der Waals surface area contributed by atoms with Crippen LogP contribution in [-0.4, -0.2) is 7.11 Å². The van der Waals surface area contributed by atoms with Crippen molar-refractivity contribution < 1.29 is 4.74 Å². The molecule has 2 aromatic carbocycles. The molecule has 0 aliphatic heterocycles. The van der Waals surface area contributed by atoms with Crippen molar-refractivity contribution in [1.82, 2.24) is 0 Å². The zero-order valence-electron chi connectivity index (χ0n) is 11.2. The highest BCUT2D eigenvalue weighted by atomic mass is 79.9. The molecule has 0 saturated heterocycles. The number of rotatable bonds is 3. The summed E-state index contributed by atoms with van der Waals surface area (Å²) in [5.74, 6) is 0.908. The zero-order valence-corrected chi connectivity index (χ0v) is 14.4. The minimum Gasteiger partial charge on any atom is -0.496 e. The van der Waals surface area contributed by atoms with E-state index in [1.165, 1.54) is 16.7 Å². The highest BCUT2D eigenvalue weighted by molar-refractivity contribution is 9.10. The minimum absolute atomic E-state index is 0.126. The standard InChI is InChI=1S/C16H16Br2O/c1-10-6-4-5-7-12(10)16(18)13-9-14(17)11(2)8-15(13)19-3/h4-9,16H,1-3H3. The molecule has 0 fully saturated rings. The van der Waals surface area contributed by atoms with Crippen LogP contribution in [0.3, 0.4) is 0 Å². The maximum absolute atomic E-state index is 5.51. The number of methoxy groups -OCH3 is 1. The highest BCUT2D eigenvalue weighted by Crippen LogP contribution is 2.40. The summed E-state index contributed by atoms with van der Waals surface area (Å²) >= 11 is 7.39. The lowest BCUT2D eigenvalue weighted by atomic mass is 9.99. The lowest BCUT2D eigenvalue weighted by molar-refractivity contribution is 0.410. The van der Waals surface area contributed by atoms with E-state index in [1.54, 1.807) is 7.11 Å². The molecule has 100 valence electrons. The number of halogens is 2. The molecule has 0 saturated carbocycles. The van der Waals surface area contributed by atoms with Gasteiger partial charge in [-0.05, 0) is 42.7 Å². The number of ether oxygens (including phenoxy) is 1. The molecule has 0 N–H and O–H groups in total. The van der Waals surface area contributed by atoms with Gasteiger partial charge in [0.05, 0.1) is 11.9 Å². The Bertz CT molecular complexity index is 593. The molecule has 0 heterocycles. The Kier molecular flexibility index (Phi) is 4.69. The van der Waals surface area contributed by atoms with Crippen molar-refractivity contribution in [3.63, 3.8) is 0 Å². The van der Waals surface area contributed by atoms with Crippen LogP contribution in [0.5, 0.6) is 5.75 Å². The van der Waals surface area contributed by atoms with Gasteiger partial charge in [-0.15, -0.1) is 0 Å². The molecule has 0 aliphatic carbocycles. The van der Waals surface area contributed by atoms with Gasteiger partial charge in [-0.2, -0.15) is 0 Å². The maximum atomic E-state index is 5.51. The summed E-state index contributed by atoms with van der Waals surface area (Å²) in [6.07, 6.45) is 0. The van der Waals surface area contributed by atoms with Crippen LogP contribution in [0.1, 0.15) is 27.1 Å². The maximum Gasteiger partial charge on any atom is 0.123 e. The van der Waals surface area contributed by atoms with Crippen molar-refractivity contribution >= 4 is 31.9 Å². The molecule has 0 bridgehead atoms. The van der Waals surface area contributed by atoms with Crippen LogP contribution in [0.4, 0.5) is 0 Å². The first kappa shape index (κ1) is 14.6. The number of hydrogen-bond acceptors (Lipinski definition) is 1. The van der Waals surface area contributed by atoms with Gasteiger partial charge in [0.2, 0.25) is 0 Å². The highest BCUT2D eigenvalue weighted by Gasteiger charge is 2.18. The molecule has 2 aromatic rings. The third-order valence-corrected chi connectivity index (χ3v) is 5.09. The summed E-state index contributed by atoms with van der Waals surface area (Å²) in [5, 5.41) is 0. The molecule has 19 heavy (non-hydrogen) atoms. The molecule has 1 nitrogen and oxygen atoms in total. The van der Waals surface area contributed by atoms with Gasteiger partial charge in [-0.1, -0.05) is 56.1 Å². The first-order chi connectivity index (χ1) is 9.04. The molecule has 1 unspecified atom stereocenters. The van der Waals surface area contributed by atoms with E-state index < -0.39 is 0 Å². The van der Waals surface area contributed by atoms with E-state index in [4.69, 9.17) is 4.74 Å². The van der Waals surface area contributed by atoms with Crippen molar-refractivity contribution in [3.05, 3.63) is 63.1 Å². The third kappa shape index (κ3) is 3.03. The van der Waals surface area contributed by atoms with Gasteiger partial charge in [0.15, 0.2) is 0 Å². The van der Waals surface area contributed by atoms with Gasteiger partial charge in [-0.25, -0.2) is 0 Å². The van der Waals surface area contributed by atoms with Crippen LogP contribution in [0.15, 0.2) is 40.9 Å². The molecule has 0 spiro atoms. The van der Waals surface area contributed by atoms with Crippen molar-refractivity contribution in [3.8, 4) is 5.75 Å². The fourth-order valence-electron chi connectivity index (χ4n) is 2.08. The average Bonchev–Trinajstić information content (AvgIpc) is 2.41. The Labute approximate surface area is 131 Å². The molecule has 0 amide bonds. The molecular formula is C16H16Br2O. The Balaban J connectivity index is 2.52. The minimum atomic E-state index is 0.126. The smallest absolute Gasteiger partial charge is 0.123 e. The van der Waals surface area contributed by atoms with Gasteiger partial charge in [0.25, 0.3) is 0 Å². The fourth-order valence-corrected chi connectivity index (χ4v) is 3.32. The summed E-state index contributed by atoms with van der Waals surface area (Å²) in [4.78, 5) is 0.126. The van der Waals surface area contributed by atoms with Crippen molar-refractivity contribution in [2.75, 3.05) is 7.11 Å². The topological polar surface area (TPSA) is 9.23 Å². The van der Waals surface area contributed by atoms with Crippen LogP contribution in [0.2, 0.25) is 0 Å². The predicted molar refractivity (Wildman–Crippen MR) is 87.4 cm³/mol. The summed E-state index contributed by atoms with van der Waals surface area (Å²) < 4.78 is 6.61. The van der Waals surface area contributed by atoms with Gasteiger partial charge >= 0.3 is 0 Å². The largest absolute Gasteiger partial charge is 0.496 e. The molecule has 1 atom stereocenters. The van der Waals surface area contributed by atoms with E-state index >= 15 is 0 Å². The van der Waals surface area contributed by atoms with Crippen LogP contribution < -0.4 is 4.74 Å². The number of hydrogen-bond donors (Lipinski definition) is 0. The van der Waals surface area contributed by atoms with Crippen LogP contribution in [0.25, 0.3) is 0 Å². The lowest BCUT2D eigenvalue weighted by Crippen LogP contribution is -2.00. The Morgan fingerprint density at radius 3 is 2.32 bits per heavy atom. The normalized spacial score (nSPS) is 12.3. The Hall–Kier alpha value is -0.800. The summed E-state index contributed by atoms with van der Waals surface area (Å²) in [5.41, 5.74) is 4.83. The summed E-state index contributed by atoms with van der Waals surface area (Å²) in [7, 11) is 1.71. The van der Waals surface area contributed by atoms with Crippen molar-refractivity contribution in [2.45, 2.75) is 18.7 Å². The van der Waals surface area contributed by atoms with Crippen LogP contribution >= 0.6 is 31.9 Å². The van der Waals surface area contributed by atoms with Gasteiger partial charge in [-0.3, -0.25) is 0 Å². The lowest BCUT2D eigenvalue weighted by Gasteiger charge is -2.18. The first-order valence-electron chi connectivity index (χ1n) is 6.08. The molecule has 0 aliphatic rings. The van der Waals surface area contributed by atoms with Crippen LogP contribution in [-0.2, 0) is 0 Å². The van der Waals surface area contributed by atoms with E-state index in [2.05, 4.69) is 82.1 Å². The summed E-state index contributed by atoms with van der Waals surface area (Å²) in [6.45, 7) is 4.19. The third-order valence-electron chi connectivity index (χ3n) is 3.25. The Morgan fingerprint density at radius 2 is 1.68 bits per heavy atom. The monoisotopic (exact) mass is 382 g/mol. The molecule has 0 aromatic heterocycles. The predicted octanol–water partition coefficient (Wildman–Crippen LogP) is 5.56. The quantitative estimate of drug-likeness (QED) is 0.630. The van der Waals surface area contributed by atoms with Crippen molar-refractivity contribution in [2.24, 2.45) is 0 Å². The van der Waals surface area contributed by atoms with E-state index in [1.807, 2.05) is 0 Å². The molecule has 3 heteroatoms. The number of aryl methyl sites for hydroxylation is 2. The molecule has 0 radical (unpaired) electrons. The molecule has 2 rings (SSSR count). The second-order valence-electron chi connectivity index (χ2n) is 4.56. The van der Waals surface area contributed by atoms with E-state index in [-0.39, 0.29) is 4.83 Å². The van der Waals surface area contributed by atoms with Gasteiger partial charge in [0.1, 0.15) is 5.75 Å². The second-order valence-corrected chi connectivity index (χ2v) is 6.33. The van der Waals surface area contributed by atoms with Gasteiger partial charge in [0, 0.05) is 10.0 Å². The van der Waals surface area contributed by atoms with Crippen molar-refractivity contribution in [1.29, 1.82) is 0 Å². The van der Waals surface area contributed by atoms with E-state index in [0.717, 1.165) is 15.8 Å². The van der Waals surface area contributed by atoms with E-state index in [0.29, 0.717) is 0 Å². The number of benzene rings is 2. The van der Waals surface area contributed by atoms with Gasteiger partial charge < -0.3 is 4.74 Å². The van der Waals surface area contributed by atoms with Crippen LogP contribution in [0, 0.1) is 13.8 Å². The van der Waals surface area contributed by atoms with E-state index in [9.17, 15) is 0 Å². The second kappa shape index (κ2) is 6.10. The molecular weight excluding hydrogens is 368 g/mol. The average molecular weight is 384 g/mol. The summed E-state index contributed by atoms with van der Waals surface area (Å²) in [6, 6.07) is 12.6. The Morgan fingerprint density at radius 1 is 1.00 bits per heavy atom. The first-order valence-corrected chi connectivity index (χ1v) is 7.79.